The van der Waals surface area contributed by atoms with Gasteiger partial charge in [-0.15, -0.1) is 0 Å². The Bertz CT molecular complexity index is 441. The van der Waals surface area contributed by atoms with Crippen molar-refractivity contribution in [3.63, 3.8) is 0 Å². The molecule has 1 aliphatic rings. The molecule has 1 amide bonds. The van der Waals surface area contributed by atoms with Crippen molar-refractivity contribution in [2.75, 3.05) is 5.32 Å². The van der Waals surface area contributed by atoms with Crippen molar-refractivity contribution in [3.05, 3.63) is 28.8 Å². The maximum absolute atomic E-state index is 11.9. The highest BCUT2D eigenvalue weighted by Gasteiger charge is 2.25. The first kappa shape index (κ1) is 14.2. The van der Waals surface area contributed by atoms with Gasteiger partial charge in [-0.05, 0) is 43.7 Å². The molecular weight excluding hydrogens is 262 g/mol. The molecule has 1 aliphatic carbocycles. The Hall–Kier alpha value is -1.22. The van der Waals surface area contributed by atoms with Crippen LogP contribution in [0.25, 0.3) is 0 Å². The van der Waals surface area contributed by atoms with Crippen LogP contribution in [0.4, 0.5) is 10.5 Å². The van der Waals surface area contributed by atoms with E-state index in [-0.39, 0.29) is 6.10 Å². The summed E-state index contributed by atoms with van der Waals surface area (Å²) in [4.78, 5) is 11.9. The molecule has 0 unspecified atom stereocenters. The molecule has 0 radical (unpaired) electrons. The third kappa shape index (κ3) is 3.63. The van der Waals surface area contributed by atoms with Gasteiger partial charge in [-0.2, -0.15) is 0 Å². The average Bonchev–Trinajstić information content (AvgIpc) is 2.37. The van der Waals surface area contributed by atoms with Gasteiger partial charge in [0.05, 0.1) is 10.7 Å². The van der Waals surface area contributed by atoms with Gasteiger partial charge < -0.3 is 4.74 Å². The van der Waals surface area contributed by atoms with E-state index in [2.05, 4.69) is 12.2 Å². The van der Waals surface area contributed by atoms with Gasteiger partial charge >= 0.3 is 6.09 Å². The maximum Gasteiger partial charge on any atom is 0.411 e. The zero-order valence-electron chi connectivity index (χ0n) is 11.4. The van der Waals surface area contributed by atoms with Crippen molar-refractivity contribution in [1.82, 2.24) is 0 Å². The number of para-hydroxylation sites is 1. The Morgan fingerprint density at radius 2 is 2.11 bits per heavy atom. The van der Waals surface area contributed by atoms with E-state index in [0.717, 1.165) is 24.8 Å². The number of ether oxygens (including phenoxy) is 1. The number of hydrogen-bond donors (Lipinski definition) is 1. The first-order valence-electron chi connectivity index (χ1n) is 6.80. The summed E-state index contributed by atoms with van der Waals surface area (Å²) in [6.07, 6.45) is 4.06. The molecule has 1 fully saturated rings. The quantitative estimate of drug-likeness (QED) is 0.847. The van der Waals surface area contributed by atoms with Crippen molar-refractivity contribution in [3.8, 4) is 0 Å². The monoisotopic (exact) mass is 281 g/mol. The summed E-state index contributed by atoms with van der Waals surface area (Å²) in [5.41, 5.74) is 1.57. The Morgan fingerprint density at radius 3 is 2.79 bits per heavy atom. The molecule has 1 saturated carbocycles. The smallest absolute Gasteiger partial charge is 0.411 e. The lowest BCUT2D eigenvalue weighted by Gasteiger charge is -2.28. The highest BCUT2D eigenvalue weighted by Crippen LogP contribution is 2.28. The summed E-state index contributed by atoms with van der Waals surface area (Å²) in [5, 5.41) is 3.29. The number of amides is 1. The van der Waals surface area contributed by atoms with E-state index in [4.69, 9.17) is 16.3 Å². The van der Waals surface area contributed by atoms with Gasteiger partial charge in [-0.25, -0.2) is 4.79 Å². The van der Waals surface area contributed by atoms with Crippen LogP contribution < -0.4 is 5.32 Å². The van der Waals surface area contributed by atoms with E-state index in [1.54, 1.807) is 6.07 Å². The zero-order chi connectivity index (χ0) is 13.8. The predicted octanol–water partition coefficient (Wildman–Crippen LogP) is 4.78. The van der Waals surface area contributed by atoms with Crippen LogP contribution in [-0.2, 0) is 4.74 Å². The fourth-order valence-electron chi connectivity index (χ4n) is 2.52. The highest BCUT2D eigenvalue weighted by molar-refractivity contribution is 6.33. The van der Waals surface area contributed by atoms with Gasteiger partial charge in [0.2, 0.25) is 0 Å². The third-order valence-electron chi connectivity index (χ3n) is 3.74. The first-order chi connectivity index (χ1) is 9.08. The van der Waals surface area contributed by atoms with Crippen LogP contribution in [0.5, 0.6) is 0 Å². The van der Waals surface area contributed by atoms with E-state index in [0.29, 0.717) is 16.6 Å². The molecule has 0 aliphatic heterocycles. The van der Waals surface area contributed by atoms with Crippen LogP contribution in [0.15, 0.2) is 18.2 Å². The number of benzene rings is 1. The summed E-state index contributed by atoms with van der Waals surface area (Å²) < 4.78 is 5.51. The van der Waals surface area contributed by atoms with Crippen molar-refractivity contribution < 1.29 is 9.53 Å². The summed E-state index contributed by atoms with van der Waals surface area (Å²) in [7, 11) is 0. The number of carbonyl (C=O) groups excluding carboxylic acids is 1. The van der Waals surface area contributed by atoms with Crippen LogP contribution >= 0.6 is 11.6 Å². The molecule has 3 nitrogen and oxygen atoms in total. The molecule has 0 spiro atoms. The minimum Gasteiger partial charge on any atom is -0.446 e. The number of rotatable bonds is 2. The lowest BCUT2D eigenvalue weighted by atomic mass is 9.88. The van der Waals surface area contributed by atoms with Gasteiger partial charge in [0.1, 0.15) is 6.10 Å². The SMILES string of the molecule is Cc1cccc(Cl)c1NC(=O)O[C@@H]1CCCC[C@H]1C. The number of aryl methyl sites for hydroxylation is 1. The zero-order valence-corrected chi connectivity index (χ0v) is 12.2. The highest BCUT2D eigenvalue weighted by atomic mass is 35.5. The average molecular weight is 282 g/mol. The third-order valence-corrected chi connectivity index (χ3v) is 4.06. The minimum atomic E-state index is -0.407. The van der Waals surface area contributed by atoms with E-state index in [9.17, 15) is 4.79 Å². The lowest BCUT2D eigenvalue weighted by Crippen LogP contribution is -2.30. The topological polar surface area (TPSA) is 38.3 Å². The summed E-state index contributed by atoms with van der Waals surface area (Å²) >= 11 is 6.07. The molecule has 0 aromatic heterocycles. The number of anilines is 1. The van der Waals surface area contributed by atoms with Crippen LogP contribution in [-0.4, -0.2) is 12.2 Å². The molecule has 1 aromatic carbocycles. The van der Waals surface area contributed by atoms with E-state index in [1.165, 1.54) is 6.42 Å². The van der Waals surface area contributed by atoms with Crippen molar-refractivity contribution >= 4 is 23.4 Å². The largest absolute Gasteiger partial charge is 0.446 e. The summed E-state index contributed by atoms with van der Waals surface area (Å²) in [5.74, 6) is 0.437. The first-order valence-corrected chi connectivity index (χ1v) is 7.18. The maximum atomic E-state index is 11.9. The molecule has 2 atom stereocenters. The Kier molecular flexibility index (Phi) is 4.70. The predicted molar refractivity (Wildman–Crippen MR) is 77.7 cm³/mol. The summed E-state index contributed by atoms with van der Waals surface area (Å²) in [6.45, 7) is 4.04. The Labute approximate surface area is 119 Å². The Balaban J connectivity index is 1.97. The van der Waals surface area contributed by atoms with Gasteiger partial charge in [0.25, 0.3) is 0 Å². The second kappa shape index (κ2) is 6.29. The van der Waals surface area contributed by atoms with Crippen LogP contribution in [0.1, 0.15) is 38.2 Å². The molecule has 4 heteroatoms. The van der Waals surface area contributed by atoms with Crippen molar-refractivity contribution in [1.29, 1.82) is 0 Å². The molecule has 0 heterocycles. The fourth-order valence-corrected chi connectivity index (χ4v) is 2.79. The van der Waals surface area contributed by atoms with Gasteiger partial charge in [0.15, 0.2) is 0 Å². The molecule has 0 bridgehead atoms. The molecule has 1 N–H and O–H groups in total. The van der Waals surface area contributed by atoms with Crippen LogP contribution in [0.2, 0.25) is 5.02 Å². The number of halogens is 1. The molecule has 0 saturated heterocycles. The molecular formula is C15H20ClNO2. The normalized spacial score (nSPS) is 22.9. The van der Waals surface area contributed by atoms with Gasteiger partial charge in [0, 0.05) is 0 Å². The molecule has 104 valence electrons. The fraction of sp³-hybridized carbons (Fsp3) is 0.533. The molecule has 19 heavy (non-hydrogen) atoms. The standard InChI is InChI=1S/C15H20ClNO2/c1-10-6-3-4-9-13(10)19-15(18)17-14-11(2)7-5-8-12(14)16/h5,7-8,10,13H,3-4,6,9H2,1-2H3,(H,17,18)/t10-,13-/m1/s1. The second-order valence-electron chi connectivity index (χ2n) is 5.26. The van der Waals surface area contributed by atoms with E-state index >= 15 is 0 Å². The number of carbonyl (C=O) groups is 1. The van der Waals surface area contributed by atoms with Crippen LogP contribution in [0, 0.1) is 12.8 Å². The Morgan fingerprint density at radius 1 is 1.37 bits per heavy atom. The van der Waals surface area contributed by atoms with E-state index < -0.39 is 6.09 Å². The van der Waals surface area contributed by atoms with Crippen molar-refractivity contribution in [2.24, 2.45) is 5.92 Å². The van der Waals surface area contributed by atoms with E-state index in [1.807, 2.05) is 19.1 Å². The second-order valence-corrected chi connectivity index (χ2v) is 5.67. The van der Waals surface area contributed by atoms with Crippen molar-refractivity contribution in [2.45, 2.75) is 45.6 Å². The van der Waals surface area contributed by atoms with Gasteiger partial charge in [-0.3, -0.25) is 5.32 Å². The van der Waals surface area contributed by atoms with Crippen LogP contribution in [0.3, 0.4) is 0 Å². The minimum absolute atomic E-state index is 0.0246. The number of nitrogens with one attached hydrogen (secondary N) is 1. The van der Waals surface area contributed by atoms with Gasteiger partial charge in [-0.1, -0.05) is 37.1 Å². The lowest BCUT2D eigenvalue weighted by molar-refractivity contribution is 0.0524. The molecule has 1 aromatic rings. The molecule has 2 rings (SSSR count). The number of hydrogen-bond acceptors (Lipinski definition) is 2. The summed E-state index contributed by atoms with van der Waals surface area (Å²) in [6, 6.07) is 5.52.